The number of fused-ring (bicyclic) bond motifs is 12. The van der Waals surface area contributed by atoms with Gasteiger partial charge in [-0.25, -0.2) is 4.85 Å². The summed E-state index contributed by atoms with van der Waals surface area (Å²) in [5, 5.41) is 10.0. The van der Waals surface area contributed by atoms with Crippen molar-refractivity contribution in [2.45, 2.75) is 44.2 Å². The van der Waals surface area contributed by atoms with E-state index in [0.717, 1.165) is 54.9 Å². The minimum atomic E-state index is -0.153. The Morgan fingerprint density at radius 1 is 0.597 bits per heavy atom. The second-order valence-corrected chi connectivity index (χ2v) is 17.5. The normalized spacial score (nSPS) is 25.0. The molecule has 0 spiro atoms. The summed E-state index contributed by atoms with van der Waals surface area (Å²) in [5.74, 6) is 0.0946. The third-order valence-corrected chi connectivity index (χ3v) is 14.3. The minimum absolute atomic E-state index is 0.118. The zero-order valence-corrected chi connectivity index (χ0v) is 34.2. The first-order valence-corrected chi connectivity index (χ1v) is 22.1. The Kier molecular flexibility index (Phi) is 7.66. The third-order valence-electron chi connectivity index (χ3n) is 14.3. The van der Waals surface area contributed by atoms with E-state index in [1.165, 1.54) is 67.6 Å². The molecule has 5 atom stereocenters. The van der Waals surface area contributed by atoms with Gasteiger partial charge >= 0.3 is 0 Å². The molecule has 2 saturated heterocycles. The minimum Gasteiger partial charge on any atom is -0.332 e. The van der Waals surface area contributed by atoms with Gasteiger partial charge in [-0.1, -0.05) is 91.1 Å². The standard InChI is InChI=1S/C56H42N6/c1-58-36-15-13-21-40(31-36)60(38-18-6-3-7-19-38)50-29-27-42-46-33-51-45(32-52(46)62-48-25-11-9-23-44(48)54(50)56(42)62)41-26-28-49(53-43-22-8-10-24-47(43)61(51)55(41)53)59(37-16-4-2-5-17-37)39-20-12-14-35(30-39)34-57/h2-7,12-13,15-33,35,53-56H,8-11,14H2/t35-,53-,54-,55?,56?/m0/s1. The highest BCUT2D eigenvalue weighted by atomic mass is 15.3. The first-order chi connectivity index (χ1) is 30.7. The predicted molar refractivity (Wildman–Crippen MR) is 250 cm³/mol. The second kappa shape index (κ2) is 13.5. The lowest BCUT2D eigenvalue weighted by Gasteiger charge is -2.37. The van der Waals surface area contributed by atoms with Crippen LogP contribution in [0.3, 0.4) is 0 Å². The fourth-order valence-corrected chi connectivity index (χ4v) is 12.0. The number of nitriles is 1. The molecule has 62 heavy (non-hydrogen) atoms. The van der Waals surface area contributed by atoms with Crippen molar-refractivity contribution in [3.63, 3.8) is 0 Å². The highest BCUT2D eigenvalue weighted by Crippen LogP contribution is 2.64. The van der Waals surface area contributed by atoms with Gasteiger partial charge in [-0.2, -0.15) is 5.26 Å². The van der Waals surface area contributed by atoms with Crippen molar-refractivity contribution in [3.05, 3.63) is 226 Å². The number of hydrogen-bond acceptors (Lipinski definition) is 5. The van der Waals surface area contributed by atoms with E-state index < -0.39 is 0 Å². The molecule has 5 aliphatic carbocycles. The Balaban J connectivity index is 0.979. The van der Waals surface area contributed by atoms with Gasteiger partial charge in [-0.05, 0) is 127 Å². The van der Waals surface area contributed by atoms with E-state index >= 15 is 0 Å². The molecule has 0 radical (unpaired) electrons. The van der Waals surface area contributed by atoms with Crippen LogP contribution in [0.4, 0.5) is 34.1 Å². The molecule has 4 heterocycles. The van der Waals surface area contributed by atoms with E-state index in [1.54, 1.807) is 0 Å². The topological polar surface area (TPSA) is 41.1 Å². The first-order valence-electron chi connectivity index (χ1n) is 22.1. The maximum absolute atomic E-state index is 10.0. The van der Waals surface area contributed by atoms with Gasteiger partial charge in [0, 0.05) is 56.7 Å². The van der Waals surface area contributed by atoms with Gasteiger partial charge in [0.15, 0.2) is 5.69 Å². The van der Waals surface area contributed by atoms with Crippen LogP contribution in [0.5, 0.6) is 0 Å². The third kappa shape index (κ3) is 4.90. The molecule has 2 fully saturated rings. The summed E-state index contributed by atoms with van der Waals surface area (Å²) in [4.78, 5) is 14.0. The van der Waals surface area contributed by atoms with Crippen LogP contribution in [0.15, 0.2) is 204 Å². The zero-order valence-electron chi connectivity index (χ0n) is 34.2. The first kappa shape index (κ1) is 35.2. The van der Waals surface area contributed by atoms with Crippen LogP contribution >= 0.6 is 0 Å². The zero-order chi connectivity index (χ0) is 41.1. The summed E-state index contributed by atoms with van der Waals surface area (Å²) in [6.45, 7) is 7.84. The Hall–Kier alpha value is -7.54. The van der Waals surface area contributed by atoms with Crippen molar-refractivity contribution in [2.24, 2.45) is 17.8 Å². The summed E-state index contributed by atoms with van der Waals surface area (Å²) in [7, 11) is 0. The predicted octanol–water partition coefficient (Wildman–Crippen LogP) is 13.0. The van der Waals surface area contributed by atoms with E-state index in [0.29, 0.717) is 5.69 Å². The smallest absolute Gasteiger partial charge is 0.189 e. The number of benzene rings is 4. The van der Waals surface area contributed by atoms with Gasteiger partial charge in [-0.15, -0.1) is 0 Å². The van der Waals surface area contributed by atoms with Crippen LogP contribution in [0, 0.1) is 35.7 Å². The Bertz CT molecular complexity index is 3060. The molecule has 6 nitrogen and oxygen atoms in total. The van der Waals surface area contributed by atoms with Crippen LogP contribution < -0.4 is 19.6 Å². The van der Waals surface area contributed by atoms with Crippen molar-refractivity contribution in [2.75, 3.05) is 19.6 Å². The molecular weight excluding hydrogens is 757 g/mol. The molecular formula is C56H42N6. The quantitative estimate of drug-likeness (QED) is 0.182. The monoisotopic (exact) mass is 798 g/mol. The van der Waals surface area contributed by atoms with Crippen LogP contribution in [-0.4, -0.2) is 12.1 Å². The number of rotatable bonds is 6. The molecule has 9 aliphatic rings. The van der Waals surface area contributed by atoms with Crippen molar-refractivity contribution in [1.82, 2.24) is 0 Å². The van der Waals surface area contributed by atoms with Gasteiger partial charge in [0.05, 0.1) is 53.9 Å². The maximum Gasteiger partial charge on any atom is 0.189 e. The molecule has 6 heteroatoms. The highest BCUT2D eigenvalue weighted by molar-refractivity contribution is 6.04. The number of hydrogen-bond donors (Lipinski definition) is 0. The van der Waals surface area contributed by atoms with Gasteiger partial charge in [0.1, 0.15) is 0 Å². The van der Waals surface area contributed by atoms with E-state index in [2.05, 4.69) is 176 Å². The van der Waals surface area contributed by atoms with Crippen molar-refractivity contribution in [1.29, 1.82) is 5.26 Å². The molecule has 4 aliphatic heterocycles. The van der Waals surface area contributed by atoms with Crippen LogP contribution in [0.2, 0.25) is 0 Å². The average molecular weight is 799 g/mol. The Morgan fingerprint density at radius 2 is 1.15 bits per heavy atom. The molecule has 0 aromatic heterocycles. The molecule has 0 N–H and O–H groups in total. The SMILES string of the molecule is [C-]#[N+]c1cccc(N(C2=CC=C3c4cc5c(cc4N4C6=CCCC=C6[C@@H]2C34)C2=CC=C(N(C3=C[C@@H](C#N)CC=C3)c3ccccc3)[C@@H]3C4=CCCC=C4N5C23)c2ccccc2)c1. The number of anilines is 5. The lowest BCUT2D eigenvalue weighted by atomic mass is 9.79. The summed E-state index contributed by atoms with van der Waals surface area (Å²) in [5.41, 5.74) is 20.9. The summed E-state index contributed by atoms with van der Waals surface area (Å²) >= 11 is 0. The fraction of sp³-hybridized carbons (Fsp3) is 0.179. The fourth-order valence-electron chi connectivity index (χ4n) is 12.0. The summed E-state index contributed by atoms with van der Waals surface area (Å²) < 4.78 is 0. The molecule has 296 valence electrons. The number of nitrogens with zero attached hydrogens (tertiary/aromatic N) is 6. The van der Waals surface area contributed by atoms with Crippen molar-refractivity contribution in [3.8, 4) is 6.07 Å². The Labute approximate surface area is 362 Å². The molecule has 4 aromatic rings. The highest BCUT2D eigenvalue weighted by Gasteiger charge is 2.56. The van der Waals surface area contributed by atoms with Crippen LogP contribution in [0.25, 0.3) is 16.0 Å². The molecule has 0 bridgehead atoms. The lowest BCUT2D eigenvalue weighted by molar-refractivity contribution is 0.670. The van der Waals surface area contributed by atoms with Crippen molar-refractivity contribution < 1.29 is 0 Å². The van der Waals surface area contributed by atoms with Crippen LogP contribution in [-0.2, 0) is 0 Å². The van der Waals surface area contributed by atoms with Gasteiger partial charge < -0.3 is 19.6 Å². The summed E-state index contributed by atoms with van der Waals surface area (Å²) in [6, 6.07) is 37.3. The van der Waals surface area contributed by atoms with E-state index in [4.69, 9.17) is 6.57 Å². The van der Waals surface area contributed by atoms with Crippen LogP contribution in [0.1, 0.15) is 43.2 Å². The van der Waals surface area contributed by atoms with Gasteiger partial charge in [0.25, 0.3) is 0 Å². The van der Waals surface area contributed by atoms with Crippen molar-refractivity contribution >= 4 is 45.3 Å². The molecule has 0 amide bonds. The molecule has 0 saturated carbocycles. The average Bonchev–Trinajstić information content (AvgIpc) is 4.06. The lowest BCUT2D eigenvalue weighted by Crippen LogP contribution is -2.36. The van der Waals surface area contributed by atoms with E-state index in [9.17, 15) is 5.26 Å². The number of para-hydroxylation sites is 2. The van der Waals surface area contributed by atoms with E-state index in [-0.39, 0.29) is 29.8 Å². The largest absolute Gasteiger partial charge is 0.332 e. The molecule has 13 rings (SSSR count). The maximum atomic E-state index is 10.0. The van der Waals surface area contributed by atoms with Gasteiger partial charge in [-0.3, -0.25) is 0 Å². The van der Waals surface area contributed by atoms with E-state index in [1.807, 2.05) is 18.2 Å². The second-order valence-electron chi connectivity index (χ2n) is 17.5. The summed E-state index contributed by atoms with van der Waals surface area (Å²) in [6.07, 6.45) is 30.9. The van der Waals surface area contributed by atoms with Gasteiger partial charge in [0.2, 0.25) is 0 Å². The number of allylic oxidation sites excluding steroid dienone is 13. The molecule has 4 aromatic carbocycles. The Morgan fingerprint density at radius 3 is 1.73 bits per heavy atom. The molecule has 2 unspecified atom stereocenters.